The van der Waals surface area contributed by atoms with E-state index in [0.29, 0.717) is 24.4 Å². The third kappa shape index (κ3) is 7.99. The second kappa shape index (κ2) is 12.6. The van der Waals surface area contributed by atoms with Crippen LogP contribution in [0.4, 0.5) is 5.69 Å². The van der Waals surface area contributed by atoms with E-state index in [4.69, 9.17) is 4.74 Å². The Morgan fingerprint density at radius 1 is 1.06 bits per heavy atom. The fourth-order valence-corrected chi connectivity index (χ4v) is 4.52. The third-order valence-electron chi connectivity index (χ3n) is 5.71. The Balaban J connectivity index is 2.42. The number of hydrogen-bond acceptors (Lipinski definition) is 5. The van der Waals surface area contributed by atoms with Gasteiger partial charge in [0, 0.05) is 13.1 Å². The molecule has 0 aliphatic rings. The van der Waals surface area contributed by atoms with Crippen LogP contribution in [0.25, 0.3) is 0 Å². The number of anilines is 1. The number of carbonyl (C=O) groups is 2. The molecule has 0 radical (unpaired) electrons. The molecule has 2 rings (SSSR count). The van der Waals surface area contributed by atoms with E-state index >= 15 is 0 Å². The van der Waals surface area contributed by atoms with Crippen molar-refractivity contribution in [3.63, 3.8) is 0 Å². The van der Waals surface area contributed by atoms with Crippen LogP contribution in [0.15, 0.2) is 48.5 Å². The summed E-state index contributed by atoms with van der Waals surface area (Å²) >= 11 is 0. The fourth-order valence-electron chi connectivity index (χ4n) is 3.68. The molecule has 0 spiro atoms. The number of rotatable bonds is 12. The first-order valence-electron chi connectivity index (χ1n) is 11.7. The van der Waals surface area contributed by atoms with Crippen molar-refractivity contribution in [2.24, 2.45) is 5.92 Å². The molecule has 0 fully saturated rings. The molecule has 0 aliphatic heterocycles. The second-order valence-corrected chi connectivity index (χ2v) is 10.9. The Labute approximate surface area is 209 Å². The topological polar surface area (TPSA) is 96.0 Å². The van der Waals surface area contributed by atoms with Gasteiger partial charge in [-0.2, -0.15) is 0 Å². The highest BCUT2D eigenvalue weighted by molar-refractivity contribution is 7.92. The van der Waals surface area contributed by atoms with Gasteiger partial charge in [0.25, 0.3) is 0 Å². The largest absolute Gasteiger partial charge is 0.497 e. The normalized spacial score (nSPS) is 12.2. The summed E-state index contributed by atoms with van der Waals surface area (Å²) < 4.78 is 31.5. The van der Waals surface area contributed by atoms with Crippen LogP contribution in [0.2, 0.25) is 0 Å². The summed E-state index contributed by atoms with van der Waals surface area (Å²) in [6.07, 6.45) is 1.45. The predicted octanol–water partition coefficient (Wildman–Crippen LogP) is 3.35. The lowest BCUT2D eigenvalue weighted by atomic mass is 10.1. The van der Waals surface area contributed by atoms with E-state index in [1.54, 1.807) is 24.3 Å². The Morgan fingerprint density at radius 2 is 1.69 bits per heavy atom. The summed E-state index contributed by atoms with van der Waals surface area (Å²) in [6, 6.07) is 13.4. The molecule has 1 atom stereocenters. The van der Waals surface area contributed by atoms with Gasteiger partial charge in [0.2, 0.25) is 21.8 Å². The van der Waals surface area contributed by atoms with E-state index in [1.807, 2.05) is 52.0 Å². The molecule has 192 valence electrons. The molecule has 1 N–H and O–H groups in total. The quantitative estimate of drug-likeness (QED) is 0.479. The molecule has 2 aromatic rings. The minimum absolute atomic E-state index is 0.194. The Kier molecular flexibility index (Phi) is 10.1. The van der Waals surface area contributed by atoms with Gasteiger partial charge < -0.3 is 15.0 Å². The van der Waals surface area contributed by atoms with Crippen LogP contribution >= 0.6 is 0 Å². The number of aryl methyl sites for hydroxylation is 1. The minimum atomic E-state index is -3.78. The highest BCUT2D eigenvalue weighted by Crippen LogP contribution is 2.23. The molecule has 0 aliphatic carbocycles. The Bertz CT molecular complexity index is 1100. The van der Waals surface area contributed by atoms with E-state index in [9.17, 15) is 18.0 Å². The summed E-state index contributed by atoms with van der Waals surface area (Å²) in [6.45, 7) is 8.04. The Hall–Kier alpha value is -3.07. The zero-order valence-corrected chi connectivity index (χ0v) is 22.3. The molecule has 0 saturated carbocycles. The molecule has 0 unspecified atom stereocenters. The van der Waals surface area contributed by atoms with Crippen LogP contribution in [0.1, 0.15) is 38.3 Å². The molecule has 2 amide bonds. The molecule has 0 saturated heterocycles. The summed E-state index contributed by atoms with van der Waals surface area (Å²) in [4.78, 5) is 28.2. The second-order valence-electron chi connectivity index (χ2n) is 8.98. The standard InChI is InChI=1S/C26H37N3O5S/c1-7-24(26(31)27-16-19(2)3)28(17-21-11-9-8-10-20(21)4)25(30)18-29(35(6,32)33)22-12-14-23(34-5)15-13-22/h8-15,19,24H,7,16-18H2,1-6H3,(H,27,31)/t24-/m1/s1. The maximum atomic E-state index is 13.7. The number of carbonyl (C=O) groups excluding carboxylic acids is 2. The van der Waals surface area contributed by atoms with Gasteiger partial charge in [-0.05, 0) is 54.7 Å². The van der Waals surface area contributed by atoms with E-state index in [2.05, 4.69) is 5.32 Å². The number of nitrogens with zero attached hydrogens (tertiary/aromatic N) is 2. The smallest absolute Gasteiger partial charge is 0.244 e. The zero-order chi connectivity index (χ0) is 26.2. The van der Waals surface area contributed by atoms with Crippen molar-refractivity contribution in [3.05, 3.63) is 59.7 Å². The zero-order valence-electron chi connectivity index (χ0n) is 21.4. The number of methoxy groups -OCH3 is 1. The van der Waals surface area contributed by atoms with E-state index in [0.717, 1.165) is 21.7 Å². The summed E-state index contributed by atoms with van der Waals surface area (Å²) in [5, 5.41) is 2.92. The maximum absolute atomic E-state index is 13.7. The molecule has 0 bridgehead atoms. The van der Waals surface area contributed by atoms with Gasteiger partial charge in [-0.1, -0.05) is 45.0 Å². The first-order chi connectivity index (χ1) is 16.5. The number of ether oxygens (including phenoxy) is 1. The first-order valence-corrected chi connectivity index (χ1v) is 13.6. The highest BCUT2D eigenvalue weighted by atomic mass is 32.2. The number of nitrogens with one attached hydrogen (secondary N) is 1. The SMILES string of the molecule is CC[C@H](C(=O)NCC(C)C)N(Cc1ccccc1C)C(=O)CN(c1ccc(OC)cc1)S(C)(=O)=O. The molecule has 0 heterocycles. The molecular weight excluding hydrogens is 466 g/mol. The van der Waals surface area contributed by atoms with Crippen molar-refractivity contribution in [1.29, 1.82) is 0 Å². The van der Waals surface area contributed by atoms with Crippen molar-refractivity contribution < 1.29 is 22.7 Å². The first kappa shape index (κ1) is 28.2. The number of amides is 2. The minimum Gasteiger partial charge on any atom is -0.497 e. The van der Waals surface area contributed by atoms with Crippen LogP contribution in [0.3, 0.4) is 0 Å². The van der Waals surface area contributed by atoms with Gasteiger partial charge in [0.05, 0.1) is 19.1 Å². The molecule has 9 heteroatoms. The predicted molar refractivity (Wildman–Crippen MR) is 139 cm³/mol. The van der Waals surface area contributed by atoms with E-state index < -0.39 is 28.5 Å². The van der Waals surface area contributed by atoms with E-state index in [1.165, 1.54) is 12.0 Å². The summed E-state index contributed by atoms with van der Waals surface area (Å²) in [5.74, 6) is 0.120. The van der Waals surface area contributed by atoms with E-state index in [-0.39, 0.29) is 18.4 Å². The van der Waals surface area contributed by atoms with Crippen molar-refractivity contribution in [2.45, 2.75) is 46.7 Å². The summed E-state index contributed by atoms with van der Waals surface area (Å²) in [7, 11) is -2.26. The highest BCUT2D eigenvalue weighted by Gasteiger charge is 2.32. The van der Waals surface area contributed by atoms with Gasteiger partial charge in [-0.3, -0.25) is 13.9 Å². The third-order valence-corrected chi connectivity index (χ3v) is 6.85. The lowest BCUT2D eigenvalue weighted by Gasteiger charge is -2.33. The van der Waals surface area contributed by atoms with Gasteiger partial charge >= 0.3 is 0 Å². The van der Waals surface area contributed by atoms with Crippen LogP contribution in [0.5, 0.6) is 5.75 Å². The average molecular weight is 504 g/mol. The van der Waals surface area contributed by atoms with Gasteiger partial charge in [-0.25, -0.2) is 8.42 Å². The average Bonchev–Trinajstić information content (AvgIpc) is 2.81. The number of sulfonamides is 1. The molecule has 2 aromatic carbocycles. The maximum Gasteiger partial charge on any atom is 0.244 e. The lowest BCUT2D eigenvalue weighted by Crippen LogP contribution is -2.52. The fraction of sp³-hybridized carbons (Fsp3) is 0.462. The van der Waals surface area contributed by atoms with Crippen molar-refractivity contribution >= 4 is 27.5 Å². The lowest BCUT2D eigenvalue weighted by molar-refractivity contribution is -0.140. The Morgan fingerprint density at radius 3 is 2.20 bits per heavy atom. The van der Waals surface area contributed by atoms with Crippen LogP contribution in [-0.2, 0) is 26.2 Å². The van der Waals surface area contributed by atoms with Gasteiger partial charge in [-0.15, -0.1) is 0 Å². The number of benzene rings is 2. The van der Waals surface area contributed by atoms with Crippen LogP contribution < -0.4 is 14.4 Å². The number of hydrogen-bond donors (Lipinski definition) is 1. The van der Waals surface area contributed by atoms with Gasteiger partial charge in [0.1, 0.15) is 18.3 Å². The summed E-state index contributed by atoms with van der Waals surface area (Å²) in [5.41, 5.74) is 2.22. The van der Waals surface area contributed by atoms with Gasteiger partial charge in [0.15, 0.2) is 0 Å². The molecule has 0 aromatic heterocycles. The monoisotopic (exact) mass is 503 g/mol. The molecule has 35 heavy (non-hydrogen) atoms. The van der Waals surface area contributed by atoms with Crippen LogP contribution in [-0.4, -0.2) is 57.6 Å². The van der Waals surface area contributed by atoms with Crippen molar-refractivity contribution in [2.75, 3.05) is 30.8 Å². The molecule has 8 nitrogen and oxygen atoms in total. The van der Waals surface area contributed by atoms with Crippen molar-refractivity contribution in [1.82, 2.24) is 10.2 Å². The van der Waals surface area contributed by atoms with Crippen molar-refractivity contribution in [3.8, 4) is 5.75 Å². The van der Waals surface area contributed by atoms with Crippen LogP contribution in [0, 0.1) is 12.8 Å². The molecular formula is C26H37N3O5S.